The number of aliphatic hydroxyl groups is 6. The number of aromatic nitrogens is 6. The third-order valence-corrected chi connectivity index (χ3v) is 9.93. The van der Waals surface area contributed by atoms with Gasteiger partial charge in [-0.05, 0) is 48.6 Å². The molecule has 0 bridgehead atoms. The second kappa shape index (κ2) is 12.8. The van der Waals surface area contributed by atoms with Gasteiger partial charge in [0.15, 0.2) is 11.6 Å². The van der Waals surface area contributed by atoms with Crippen LogP contribution in [-0.2, 0) is 9.47 Å². The van der Waals surface area contributed by atoms with Gasteiger partial charge in [0.25, 0.3) is 0 Å². The first-order valence-electron chi connectivity index (χ1n) is 14.7. The number of anilines is 2. The van der Waals surface area contributed by atoms with E-state index in [0.717, 1.165) is 3.57 Å². The molecule has 8 atom stereocenters. The maximum absolute atomic E-state index is 10.8. The maximum atomic E-state index is 10.8. The summed E-state index contributed by atoms with van der Waals surface area (Å²) < 4.78 is 15.2. The number of nitrogen functional groups attached to an aromatic ring is 2. The van der Waals surface area contributed by atoms with Gasteiger partial charge in [0.2, 0.25) is 0 Å². The summed E-state index contributed by atoms with van der Waals surface area (Å²) in [6, 6.07) is 3.52. The molecule has 0 aromatic carbocycles. The molecular formula is C29H39IN8O8Si. The van der Waals surface area contributed by atoms with E-state index in [4.69, 9.17) is 20.9 Å². The van der Waals surface area contributed by atoms with Crippen LogP contribution in [0.4, 0.5) is 11.6 Å². The summed E-state index contributed by atoms with van der Waals surface area (Å²) in [6.07, 6.45) is -3.30. The van der Waals surface area contributed by atoms with E-state index >= 15 is 0 Å². The average Bonchev–Trinajstić information content (AvgIpc) is 3.67. The number of hydrogen-bond acceptors (Lipinski definition) is 14. The lowest BCUT2D eigenvalue weighted by molar-refractivity contribution is -0.0665. The summed E-state index contributed by atoms with van der Waals surface area (Å²) in [4.78, 5) is 7.97. The Morgan fingerprint density at radius 3 is 1.74 bits per heavy atom. The van der Waals surface area contributed by atoms with Gasteiger partial charge in [0.05, 0.1) is 30.2 Å². The number of fused-ring (bicyclic) bond motifs is 2. The van der Waals surface area contributed by atoms with Crippen molar-refractivity contribution in [3.05, 3.63) is 45.3 Å². The maximum Gasteiger partial charge on any atom is 0.152 e. The van der Waals surface area contributed by atoms with Gasteiger partial charge in [-0.25, -0.2) is 19.0 Å². The van der Waals surface area contributed by atoms with Gasteiger partial charge in [0.1, 0.15) is 79.6 Å². The van der Waals surface area contributed by atoms with Crippen molar-refractivity contribution in [1.82, 2.24) is 29.2 Å². The average molecular weight is 783 g/mol. The Hall–Kier alpha value is -2.97. The highest BCUT2D eigenvalue weighted by molar-refractivity contribution is 14.1. The Bertz CT molecular complexity index is 1850. The number of nitrogens with zero attached hydrogens (tertiary/aromatic N) is 6. The first-order valence-corrected chi connectivity index (χ1v) is 19.3. The van der Waals surface area contributed by atoms with Crippen molar-refractivity contribution in [2.45, 2.75) is 81.3 Å². The molecule has 2 saturated heterocycles. The number of rotatable bonds is 4. The van der Waals surface area contributed by atoms with Crippen molar-refractivity contribution in [2.24, 2.45) is 0 Å². The Morgan fingerprint density at radius 1 is 0.851 bits per heavy atom. The highest BCUT2D eigenvalue weighted by Crippen LogP contribution is 2.44. The fraction of sp³-hybridized carbons (Fsp3) is 0.517. The van der Waals surface area contributed by atoms with Crippen LogP contribution in [0.5, 0.6) is 0 Å². The van der Waals surface area contributed by atoms with Gasteiger partial charge in [-0.3, -0.25) is 0 Å². The van der Waals surface area contributed by atoms with Crippen molar-refractivity contribution < 1.29 is 40.1 Å². The summed E-state index contributed by atoms with van der Waals surface area (Å²) in [6.45, 7) is 8.54. The lowest BCUT2D eigenvalue weighted by atomic mass is 9.91. The summed E-state index contributed by atoms with van der Waals surface area (Å²) in [5.74, 6) is 3.74. The van der Waals surface area contributed by atoms with Gasteiger partial charge >= 0.3 is 0 Å². The zero-order valence-corrected chi connectivity index (χ0v) is 29.6. The molecule has 4 aromatic heterocycles. The van der Waals surface area contributed by atoms with E-state index in [2.05, 4.69) is 73.9 Å². The highest BCUT2D eigenvalue weighted by Gasteiger charge is 2.54. The van der Waals surface area contributed by atoms with Crippen LogP contribution in [0.2, 0.25) is 19.6 Å². The standard InChI is InChI=1S/C17H24N4O4Si.C12H15IN4O4/c1-17(24)14(23)12(8-22)25-15(17)11-7-10(5-6-26(2,3)4)13-16(18)19-9-20-21(11)13;1-12(20)9(19)7(3-18)21-10(12)6-2-5(13)8-11(14)15-4-16-17(6)8/h7,9,12,14-15,22-24H,8H2,1-4H3,(H2,18,19,20);2,4,7,9-10,18-20H,3H2,1H3,(H2,14,15,16)/t12-,14-,15+,17-;7-,9-,10+,12-/m11/s1. The van der Waals surface area contributed by atoms with Gasteiger partial charge in [0, 0.05) is 3.57 Å². The fourth-order valence-corrected chi connectivity index (χ4v) is 7.06. The second-order valence-corrected chi connectivity index (χ2v) is 18.9. The topological polar surface area (TPSA) is 252 Å². The lowest BCUT2D eigenvalue weighted by Crippen LogP contribution is -2.43. The van der Waals surface area contributed by atoms with Crippen molar-refractivity contribution in [3.63, 3.8) is 0 Å². The van der Waals surface area contributed by atoms with Crippen molar-refractivity contribution >= 4 is 53.3 Å². The number of ether oxygens (including phenoxy) is 2. The van der Waals surface area contributed by atoms with Crippen LogP contribution in [0.1, 0.15) is 43.0 Å². The molecule has 6 rings (SSSR count). The van der Waals surface area contributed by atoms with Crippen molar-refractivity contribution in [2.75, 3.05) is 24.7 Å². The Balaban J connectivity index is 0.000000189. The molecular weight excluding hydrogens is 743 g/mol. The monoisotopic (exact) mass is 782 g/mol. The lowest BCUT2D eigenvalue weighted by Gasteiger charge is -2.26. The summed E-state index contributed by atoms with van der Waals surface area (Å²) >= 11 is 2.09. The summed E-state index contributed by atoms with van der Waals surface area (Å²) in [5, 5.41) is 68.7. The van der Waals surface area contributed by atoms with E-state index in [0.29, 0.717) is 33.8 Å². The van der Waals surface area contributed by atoms with Crippen molar-refractivity contribution in [1.29, 1.82) is 0 Å². The Kier molecular flexibility index (Phi) is 9.63. The Labute approximate surface area is 284 Å². The van der Waals surface area contributed by atoms with Crippen LogP contribution < -0.4 is 11.5 Å². The van der Waals surface area contributed by atoms with Crippen LogP contribution in [0.3, 0.4) is 0 Å². The summed E-state index contributed by atoms with van der Waals surface area (Å²) in [7, 11) is -1.63. The minimum Gasteiger partial charge on any atom is -0.394 e. The largest absolute Gasteiger partial charge is 0.394 e. The summed E-state index contributed by atoms with van der Waals surface area (Å²) in [5.41, 5.74) is 14.8. The molecule has 6 heterocycles. The minimum atomic E-state index is -1.63. The molecule has 18 heteroatoms. The van der Waals surface area contributed by atoms with Crippen LogP contribution >= 0.6 is 22.6 Å². The molecule has 0 radical (unpaired) electrons. The number of nitrogens with two attached hydrogens (primary N) is 2. The van der Waals surface area contributed by atoms with Crippen LogP contribution in [0, 0.1) is 15.0 Å². The highest BCUT2D eigenvalue weighted by atomic mass is 127. The predicted octanol–water partition coefficient (Wildman–Crippen LogP) is -0.455. The van der Waals surface area contributed by atoms with E-state index in [9.17, 15) is 30.6 Å². The van der Waals surface area contributed by atoms with Crippen molar-refractivity contribution in [3.8, 4) is 11.5 Å². The minimum absolute atomic E-state index is 0.267. The SMILES string of the molecule is C[C@@]1(O)[C@H](O)[C@@H](CO)O[C@H]1c1cc(C#C[Si](C)(C)C)c2c(N)ncnn12.C[C@@]1(O)[C@H](O)[C@@H](CO)O[C@H]1c1cc(I)c2c(N)ncnn12. The van der Waals surface area contributed by atoms with Gasteiger partial charge in [-0.1, -0.05) is 25.6 Å². The van der Waals surface area contributed by atoms with Crippen LogP contribution in [0.15, 0.2) is 24.8 Å². The van der Waals surface area contributed by atoms with E-state index in [-0.39, 0.29) is 12.4 Å². The first-order chi connectivity index (χ1) is 21.9. The molecule has 4 aromatic rings. The quantitative estimate of drug-likeness (QED) is 0.0742. The molecule has 2 aliphatic heterocycles. The molecule has 254 valence electrons. The smallest absolute Gasteiger partial charge is 0.152 e. The molecule has 10 N–H and O–H groups in total. The zero-order valence-electron chi connectivity index (χ0n) is 26.4. The molecule has 47 heavy (non-hydrogen) atoms. The molecule has 0 aliphatic carbocycles. The van der Waals surface area contributed by atoms with E-state index in [1.807, 2.05) is 0 Å². The third-order valence-electron chi connectivity index (χ3n) is 8.23. The third kappa shape index (κ3) is 6.32. The normalized spacial score (nSPS) is 30.7. The second-order valence-electron chi connectivity index (χ2n) is 13.0. The van der Waals surface area contributed by atoms with Gasteiger partial charge < -0.3 is 51.6 Å². The van der Waals surface area contributed by atoms with E-state index < -0.39 is 62.5 Å². The molecule has 0 saturated carbocycles. The zero-order chi connectivity index (χ0) is 34.6. The Morgan fingerprint density at radius 2 is 1.30 bits per heavy atom. The number of aliphatic hydroxyl groups excluding tert-OH is 4. The molecule has 0 unspecified atom stereocenters. The molecule has 2 aliphatic rings. The molecule has 16 nitrogen and oxygen atoms in total. The first kappa shape index (κ1) is 35.3. The van der Waals surface area contributed by atoms with Gasteiger partial charge in [-0.15, -0.1) is 5.54 Å². The van der Waals surface area contributed by atoms with E-state index in [1.54, 1.807) is 12.1 Å². The number of halogens is 1. The van der Waals surface area contributed by atoms with Gasteiger partial charge in [-0.2, -0.15) is 10.2 Å². The molecule has 0 amide bonds. The van der Waals surface area contributed by atoms with Crippen LogP contribution in [-0.4, -0.2) is 117 Å². The van der Waals surface area contributed by atoms with Crippen LogP contribution in [0.25, 0.3) is 11.0 Å². The predicted molar refractivity (Wildman–Crippen MR) is 180 cm³/mol. The van der Waals surface area contributed by atoms with E-state index in [1.165, 1.54) is 35.5 Å². The fourth-order valence-electron chi connectivity index (χ4n) is 5.72. The number of hydrogen-bond donors (Lipinski definition) is 8. The molecule has 2 fully saturated rings. The molecule has 0 spiro atoms.